The van der Waals surface area contributed by atoms with Crippen LogP contribution in [0.4, 0.5) is 0 Å². The molecule has 90 valence electrons. The van der Waals surface area contributed by atoms with Crippen molar-refractivity contribution in [2.24, 2.45) is 0 Å². The third kappa shape index (κ3) is 2.16. The number of rotatable bonds is 2. The Kier molecular flexibility index (Phi) is 3.38. The molecule has 1 heterocycles. The molecule has 17 heavy (non-hydrogen) atoms. The summed E-state index contributed by atoms with van der Waals surface area (Å²) in [4.78, 5) is 0. The van der Waals surface area contributed by atoms with Crippen LogP contribution in [0.5, 0.6) is 0 Å². The fourth-order valence-electron chi connectivity index (χ4n) is 1.99. The fraction of sp³-hybridized carbons (Fsp3) is 0.357. The highest BCUT2D eigenvalue weighted by molar-refractivity contribution is 9.08. The van der Waals surface area contributed by atoms with Gasteiger partial charge in [0.2, 0.25) is 0 Å². The predicted octanol–water partition coefficient (Wildman–Crippen LogP) is 4.00. The monoisotopic (exact) mass is 292 g/mol. The summed E-state index contributed by atoms with van der Waals surface area (Å²) in [5, 5.41) is 5.49. The molecule has 0 amide bonds. The molecule has 1 aromatic carbocycles. The largest absolute Gasteiger partial charge is 0.237 e. The Hall–Kier alpha value is -1.09. The summed E-state index contributed by atoms with van der Waals surface area (Å²) in [6, 6.07) is 6.49. The number of aromatic nitrogens is 2. The van der Waals surface area contributed by atoms with Gasteiger partial charge >= 0.3 is 0 Å². The van der Waals surface area contributed by atoms with Crippen LogP contribution in [0.15, 0.2) is 18.2 Å². The topological polar surface area (TPSA) is 17.8 Å². The first-order valence-corrected chi connectivity index (χ1v) is 6.85. The molecule has 0 bridgehead atoms. The highest BCUT2D eigenvalue weighted by Gasteiger charge is 2.10. The average molecular weight is 293 g/mol. The maximum atomic E-state index is 4.60. The van der Waals surface area contributed by atoms with Crippen LogP contribution in [0.2, 0.25) is 0 Å². The van der Waals surface area contributed by atoms with Gasteiger partial charge in [-0.2, -0.15) is 5.10 Å². The molecule has 0 saturated carbocycles. The Morgan fingerprint density at radius 3 is 2.35 bits per heavy atom. The molecule has 0 atom stereocenters. The van der Waals surface area contributed by atoms with Gasteiger partial charge in [0.1, 0.15) is 0 Å². The number of benzene rings is 1. The zero-order valence-corrected chi connectivity index (χ0v) is 12.3. The standard InChI is InChI=1S/C14H17BrN2/c1-9-7-13(8-15)5-6-14(9)17-12(4)10(2)11(3)16-17/h5-7H,8H2,1-4H3. The lowest BCUT2D eigenvalue weighted by atomic mass is 10.1. The van der Waals surface area contributed by atoms with Crippen LogP contribution in [0.25, 0.3) is 5.69 Å². The molecule has 0 saturated heterocycles. The average Bonchev–Trinajstić information content (AvgIpc) is 2.57. The molecular weight excluding hydrogens is 276 g/mol. The van der Waals surface area contributed by atoms with E-state index < -0.39 is 0 Å². The summed E-state index contributed by atoms with van der Waals surface area (Å²) in [6.07, 6.45) is 0. The number of nitrogens with zero attached hydrogens (tertiary/aromatic N) is 2. The SMILES string of the molecule is Cc1cc(CBr)ccc1-n1nc(C)c(C)c1C. The van der Waals surface area contributed by atoms with Gasteiger partial charge in [0.15, 0.2) is 0 Å². The van der Waals surface area contributed by atoms with Crippen LogP contribution in [0, 0.1) is 27.7 Å². The number of hydrogen-bond acceptors (Lipinski definition) is 1. The van der Waals surface area contributed by atoms with Gasteiger partial charge in [-0.3, -0.25) is 0 Å². The van der Waals surface area contributed by atoms with E-state index in [4.69, 9.17) is 0 Å². The van der Waals surface area contributed by atoms with Crippen LogP contribution >= 0.6 is 15.9 Å². The molecule has 0 spiro atoms. The highest BCUT2D eigenvalue weighted by Crippen LogP contribution is 2.21. The van der Waals surface area contributed by atoms with Crippen molar-refractivity contribution in [2.45, 2.75) is 33.0 Å². The molecule has 2 nitrogen and oxygen atoms in total. The summed E-state index contributed by atoms with van der Waals surface area (Å²) in [5.74, 6) is 0. The molecule has 0 aliphatic heterocycles. The fourth-order valence-corrected chi connectivity index (χ4v) is 2.34. The Morgan fingerprint density at radius 1 is 1.18 bits per heavy atom. The molecule has 0 aliphatic carbocycles. The Bertz CT molecular complexity index is 556. The molecule has 0 fully saturated rings. The van der Waals surface area contributed by atoms with Crippen molar-refractivity contribution >= 4 is 15.9 Å². The van der Waals surface area contributed by atoms with E-state index in [1.165, 1.54) is 28.1 Å². The van der Waals surface area contributed by atoms with Gasteiger partial charge in [0.05, 0.1) is 11.4 Å². The minimum Gasteiger partial charge on any atom is -0.237 e. The third-order valence-electron chi connectivity index (χ3n) is 3.30. The number of aryl methyl sites for hydroxylation is 2. The van der Waals surface area contributed by atoms with Gasteiger partial charge in [-0.05, 0) is 50.5 Å². The summed E-state index contributed by atoms with van der Waals surface area (Å²) < 4.78 is 2.04. The second kappa shape index (κ2) is 4.65. The molecule has 0 radical (unpaired) electrons. The van der Waals surface area contributed by atoms with E-state index in [1.54, 1.807) is 0 Å². The van der Waals surface area contributed by atoms with Crippen molar-refractivity contribution in [3.8, 4) is 5.69 Å². The van der Waals surface area contributed by atoms with Crippen molar-refractivity contribution in [2.75, 3.05) is 0 Å². The quantitative estimate of drug-likeness (QED) is 0.765. The maximum absolute atomic E-state index is 4.60. The maximum Gasteiger partial charge on any atom is 0.0678 e. The number of halogens is 1. The van der Waals surface area contributed by atoms with Crippen LogP contribution in [0.3, 0.4) is 0 Å². The zero-order chi connectivity index (χ0) is 12.6. The zero-order valence-electron chi connectivity index (χ0n) is 10.7. The second-order valence-corrected chi connectivity index (χ2v) is 5.02. The predicted molar refractivity (Wildman–Crippen MR) is 75.1 cm³/mol. The van der Waals surface area contributed by atoms with E-state index in [0.717, 1.165) is 11.0 Å². The lowest BCUT2D eigenvalue weighted by Crippen LogP contribution is -2.02. The smallest absolute Gasteiger partial charge is 0.0678 e. The lowest BCUT2D eigenvalue weighted by molar-refractivity contribution is 0.826. The minimum absolute atomic E-state index is 0.893. The van der Waals surface area contributed by atoms with E-state index >= 15 is 0 Å². The van der Waals surface area contributed by atoms with Crippen LogP contribution < -0.4 is 0 Å². The van der Waals surface area contributed by atoms with Gasteiger partial charge in [0, 0.05) is 11.0 Å². The molecule has 0 unspecified atom stereocenters. The van der Waals surface area contributed by atoms with Crippen LogP contribution in [0.1, 0.15) is 28.1 Å². The van der Waals surface area contributed by atoms with Gasteiger partial charge in [-0.1, -0.05) is 28.1 Å². The number of alkyl halides is 1. The normalized spacial score (nSPS) is 10.9. The molecule has 3 heteroatoms. The van der Waals surface area contributed by atoms with Crippen molar-refractivity contribution < 1.29 is 0 Å². The Labute approximate surface area is 111 Å². The molecule has 2 rings (SSSR count). The second-order valence-electron chi connectivity index (χ2n) is 4.46. The van der Waals surface area contributed by atoms with E-state index in [2.05, 4.69) is 66.9 Å². The van der Waals surface area contributed by atoms with Gasteiger partial charge in [-0.15, -0.1) is 0 Å². The first-order valence-electron chi connectivity index (χ1n) is 5.73. The summed E-state index contributed by atoms with van der Waals surface area (Å²) >= 11 is 3.48. The van der Waals surface area contributed by atoms with E-state index in [0.29, 0.717) is 0 Å². The molecular formula is C14H17BrN2. The Balaban J connectivity index is 2.57. The third-order valence-corrected chi connectivity index (χ3v) is 3.94. The molecule has 0 N–H and O–H groups in total. The first kappa shape index (κ1) is 12.4. The van der Waals surface area contributed by atoms with Crippen molar-refractivity contribution in [3.05, 3.63) is 46.3 Å². The minimum atomic E-state index is 0.893. The van der Waals surface area contributed by atoms with Gasteiger partial charge in [0.25, 0.3) is 0 Å². The van der Waals surface area contributed by atoms with Crippen LogP contribution in [-0.4, -0.2) is 9.78 Å². The summed E-state index contributed by atoms with van der Waals surface area (Å²) in [7, 11) is 0. The Morgan fingerprint density at radius 2 is 1.88 bits per heavy atom. The van der Waals surface area contributed by atoms with Crippen LogP contribution in [-0.2, 0) is 5.33 Å². The van der Waals surface area contributed by atoms with Crippen molar-refractivity contribution in [1.29, 1.82) is 0 Å². The highest BCUT2D eigenvalue weighted by atomic mass is 79.9. The lowest BCUT2D eigenvalue weighted by Gasteiger charge is -2.09. The first-order chi connectivity index (χ1) is 8.04. The number of hydrogen-bond donors (Lipinski definition) is 0. The molecule has 0 aliphatic rings. The molecule has 2 aromatic rings. The summed E-state index contributed by atoms with van der Waals surface area (Å²) in [5.41, 5.74) is 7.32. The van der Waals surface area contributed by atoms with Gasteiger partial charge < -0.3 is 0 Å². The van der Waals surface area contributed by atoms with Gasteiger partial charge in [-0.25, -0.2) is 4.68 Å². The van der Waals surface area contributed by atoms with Crippen molar-refractivity contribution in [3.63, 3.8) is 0 Å². The van der Waals surface area contributed by atoms with Crippen molar-refractivity contribution in [1.82, 2.24) is 9.78 Å². The van der Waals surface area contributed by atoms with E-state index in [1.807, 2.05) is 4.68 Å². The summed E-state index contributed by atoms with van der Waals surface area (Å²) in [6.45, 7) is 8.43. The van der Waals surface area contributed by atoms with E-state index in [-0.39, 0.29) is 0 Å². The molecule has 1 aromatic heterocycles. The van der Waals surface area contributed by atoms with E-state index in [9.17, 15) is 0 Å².